The number of nitrogens with zero attached hydrogens (tertiary/aromatic N) is 4. The number of piperazine rings is 1. The molecule has 8 nitrogen and oxygen atoms in total. The van der Waals surface area contributed by atoms with Crippen LogP contribution in [0, 0.1) is 5.92 Å². The summed E-state index contributed by atoms with van der Waals surface area (Å²) in [6, 6.07) is 22.8. The molecule has 0 bridgehead atoms. The van der Waals surface area contributed by atoms with Gasteiger partial charge in [0.25, 0.3) is 5.56 Å². The van der Waals surface area contributed by atoms with Gasteiger partial charge in [-0.15, -0.1) is 0 Å². The quantitative estimate of drug-likeness (QED) is 0.576. The van der Waals surface area contributed by atoms with Crippen LogP contribution in [0.5, 0.6) is 0 Å². The number of likely N-dealkylation sites (tertiary alicyclic amines) is 1. The molecule has 2 aromatic carbocycles. The lowest BCUT2D eigenvalue weighted by molar-refractivity contribution is 0.0629. The average Bonchev–Trinajstić information content (AvgIpc) is 2.95. The van der Waals surface area contributed by atoms with Crippen molar-refractivity contribution in [2.24, 2.45) is 5.92 Å². The Bertz CT molecular complexity index is 1290. The SMILES string of the molecule is O=C(O)N1CCN(C(=O)N2CCC(Cn3ccc(-c4ccccc4)cc3=O)CC2)C(c2ccccc2)C1. The number of hydrogen-bond donors (Lipinski definition) is 1. The van der Waals surface area contributed by atoms with E-state index in [-0.39, 0.29) is 24.2 Å². The minimum Gasteiger partial charge on any atom is -0.465 e. The molecule has 2 fully saturated rings. The lowest BCUT2D eigenvalue weighted by atomic mass is 9.96. The van der Waals surface area contributed by atoms with E-state index >= 15 is 0 Å². The average molecular weight is 501 g/mol. The summed E-state index contributed by atoms with van der Waals surface area (Å²) in [5.74, 6) is 0.318. The molecule has 2 saturated heterocycles. The third kappa shape index (κ3) is 5.53. The Morgan fingerprint density at radius 3 is 2.14 bits per heavy atom. The number of carbonyl (C=O) groups is 2. The first-order chi connectivity index (χ1) is 18.0. The molecule has 3 heterocycles. The molecular formula is C29H32N4O4. The van der Waals surface area contributed by atoms with E-state index in [1.807, 2.05) is 82.7 Å². The zero-order valence-electron chi connectivity index (χ0n) is 20.8. The predicted octanol–water partition coefficient (Wildman–Crippen LogP) is 4.38. The summed E-state index contributed by atoms with van der Waals surface area (Å²) in [5.41, 5.74) is 2.87. The number of rotatable bonds is 4. The number of aromatic nitrogens is 1. The standard InChI is InChI=1S/C29H32N4O4/c34-27-19-25(23-7-3-1-4-8-23)13-16-31(27)20-22-11-14-30(15-12-22)28(35)33-18-17-32(29(36)37)21-26(33)24-9-5-2-6-10-24/h1-10,13,16,19,22,26H,11-12,14-15,17-18,20-21H2,(H,36,37). The van der Waals surface area contributed by atoms with Gasteiger partial charge in [-0.1, -0.05) is 60.7 Å². The lowest BCUT2D eigenvalue weighted by Gasteiger charge is -2.44. The van der Waals surface area contributed by atoms with Crippen molar-refractivity contribution in [3.63, 3.8) is 0 Å². The summed E-state index contributed by atoms with van der Waals surface area (Å²) in [6.07, 6.45) is 2.56. The van der Waals surface area contributed by atoms with Gasteiger partial charge in [0.05, 0.1) is 6.04 Å². The number of carbonyl (C=O) groups excluding carboxylic acids is 1. The summed E-state index contributed by atoms with van der Waals surface area (Å²) in [7, 11) is 0. The van der Waals surface area contributed by atoms with Gasteiger partial charge in [-0.2, -0.15) is 0 Å². The van der Waals surface area contributed by atoms with Gasteiger partial charge in [0.2, 0.25) is 0 Å². The second-order valence-electron chi connectivity index (χ2n) is 9.83. The van der Waals surface area contributed by atoms with E-state index in [0.29, 0.717) is 38.6 Å². The Balaban J connectivity index is 1.21. The van der Waals surface area contributed by atoms with Gasteiger partial charge in [-0.25, -0.2) is 9.59 Å². The van der Waals surface area contributed by atoms with Crippen LogP contribution in [0.4, 0.5) is 9.59 Å². The minimum absolute atomic E-state index is 0.0122. The largest absolute Gasteiger partial charge is 0.465 e. The highest BCUT2D eigenvalue weighted by Crippen LogP contribution is 2.28. The minimum atomic E-state index is -0.958. The zero-order chi connectivity index (χ0) is 25.8. The number of hydrogen-bond acceptors (Lipinski definition) is 3. The molecule has 37 heavy (non-hydrogen) atoms. The zero-order valence-corrected chi connectivity index (χ0v) is 20.8. The molecule has 2 aliphatic heterocycles. The number of amides is 3. The second-order valence-corrected chi connectivity index (χ2v) is 9.83. The maximum Gasteiger partial charge on any atom is 0.407 e. The van der Waals surface area contributed by atoms with E-state index in [1.54, 1.807) is 10.6 Å². The fourth-order valence-electron chi connectivity index (χ4n) is 5.38. The van der Waals surface area contributed by atoms with Gasteiger partial charge in [-0.05, 0) is 41.5 Å². The Labute approximate surface area is 216 Å². The van der Waals surface area contributed by atoms with E-state index in [2.05, 4.69) is 0 Å². The van der Waals surface area contributed by atoms with E-state index in [4.69, 9.17) is 0 Å². The number of piperidine rings is 1. The van der Waals surface area contributed by atoms with Crippen LogP contribution in [0.2, 0.25) is 0 Å². The molecule has 5 rings (SSSR count). The lowest BCUT2D eigenvalue weighted by Crippen LogP contribution is -2.56. The molecule has 0 aliphatic carbocycles. The molecule has 8 heteroatoms. The maximum absolute atomic E-state index is 13.5. The van der Waals surface area contributed by atoms with E-state index in [9.17, 15) is 19.5 Å². The maximum atomic E-state index is 13.5. The van der Waals surface area contributed by atoms with Gasteiger partial charge in [0, 0.05) is 51.5 Å². The Hall–Kier alpha value is -4.07. The van der Waals surface area contributed by atoms with Crippen LogP contribution in [-0.2, 0) is 6.54 Å². The molecule has 192 valence electrons. The van der Waals surface area contributed by atoms with Crippen LogP contribution in [-0.4, -0.2) is 69.2 Å². The van der Waals surface area contributed by atoms with Crippen LogP contribution in [0.3, 0.4) is 0 Å². The number of benzene rings is 2. The molecule has 1 unspecified atom stereocenters. The van der Waals surface area contributed by atoms with E-state index in [1.165, 1.54) is 4.90 Å². The first-order valence-electron chi connectivity index (χ1n) is 12.8. The summed E-state index contributed by atoms with van der Waals surface area (Å²) in [5, 5.41) is 9.51. The number of carboxylic acid groups (broad SMARTS) is 1. The van der Waals surface area contributed by atoms with Gasteiger partial charge in [0.1, 0.15) is 0 Å². The predicted molar refractivity (Wildman–Crippen MR) is 141 cm³/mol. The van der Waals surface area contributed by atoms with Crippen molar-refractivity contribution in [1.82, 2.24) is 19.3 Å². The van der Waals surface area contributed by atoms with Crippen LogP contribution >= 0.6 is 0 Å². The molecule has 2 aliphatic rings. The topological polar surface area (TPSA) is 86.1 Å². The van der Waals surface area contributed by atoms with Crippen molar-refractivity contribution in [2.75, 3.05) is 32.7 Å². The highest BCUT2D eigenvalue weighted by atomic mass is 16.4. The Morgan fingerprint density at radius 2 is 1.49 bits per heavy atom. The van der Waals surface area contributed by atoms with Crippen molar-refractivity contribution in [2.45, 2.75) is 25.4 Å². The summed E-state index contributed by atoms with van der Waals surface area (Å²) >= 11 is 0. The van der Waals surface area contributed by atoms with Gasteiger partial charge in [0.15, 0.2) is 0 Å². The molecule has 0 spiro atoms. The van der Waals surface area contributed by atoms with Crippen LogP contribution in [0.25, 0.3) is 11.1 Å². The fraction of sp³-hybridized carbons (Fsp3) is 0.345. The van der Waals surface area contributed by atoms with Crippen molar-refractivity contribution < 1.29 is 14.7 Å². The van der Waals surface area contributed by atoms with Crippen molar-refractivity contribution >= 4 is 12.1 Å². The normalized spacial score (nSPS) is 18.6. The van der Waals surface area contributed by atoms with Crippen LogP contribution in [0.15, 0.2) is 83.8 Å². The highest BCUT2D eigenvalue weighted by molar-refractivity contribution is 5.76. The van der Waals surface area contributed by atoms with Gasteiger partial charge in [-0.3, -0.25) is 4.79 Å². The summed E-state index contributed by atoms with van der Waals surface area (Å²) in [6.45, 7) is 2.84. The van der Waals surface area contributed by atoms with E-state index < -0.39 is 6.09 Å². The Morgan fingerprint density at radius 1 is 0.811 bits per heavy atom. The third-order valence-corrected chi connectivity index (χ3v) is 7.52. The molecule has 1 atom stereocenters. The fourth-order valence-corrected chi connectivity index (χ4v) is 5.38. The highest BCUT2D eigenvalue weighted by Gasteiger charge is 2.36. The van der Waals surface area contributed by atoms with Crippen LogP contribution in [0.1, 0.15) is 24.4 Å². The molecule has 0 radical (unpaired) electrons. The number of urea groups is 1. The van der Waals surface area contributed by atoms with E-state index in [0.717, 1.165) is 29.5 Å². The molecule has 3 amide bonds. The second kappa shape index (κ2) is 10.9. The first kappa shape index (κ1) is 24.6. The van der Waals surface area contributed by atoms with Crippen molar-refractivity contribution in [3.05, 3.63) is 94.9 Å². The third-order valence-electron chi connectivity index (χ3n) is 7.52. The number of pyridine rings is 1. The van der Waals surface area contributed by atoms with Gasteiger partial charge >= 0.3 is 12.1 Å². The smallest absolute Gasteiger partial charge is 0.407 e. The van der Waals surface area contributed by atoms with Crippen LogP contribution < -0.4 is 5.56 Å². The summed E-state index contributed by atoms with van der Waals surface area (Å²) < 4.78 is 1.77. The molecule has 0 saturated carbocycles. The van der Waals surface area contributed by atoms with Crippen molar-refractivity contribution in [1.29, 1.82) is 0 Å². The Kier molecular flexibility index (Phi) is 7.25. The van der Waals surface area contributed by atoms with Gasteiger partial charge < -0.3 is 24.4 Å². The first-order valence-corrected chi connectivity index (χ1v) is 12.8. The monoisotopic (exact) mass is 500 g/mol. The molecule has 1 N–H and O–H groups in total. The summed E-state index contributed by atoms with van der Waals surface area (Å²) in [4.78, 5) is 43.0. The van der Waals surface area contributed by atoms with Crippen molar-refractivity contribution in [3.8, 4) is 11.1 Å². The molecule has 3 aromatic rings. The molecular weight excluding hydrogens is 468 g/mol. The molecule has 1 aromatic heterocycles.